The van der Waals surface area contributed by atoms with Gasteiger partial charge in [0, 0.05) is 19.0 Å². The maximum atomic E-state index is 12.6. The van der Waals surface area contributed by atoms with Crippen LogP contribution in [0.15, 0.2) is 24.3 Å². The van der Waals surface area contributed by atoms with Gasteiger partial charge in [-0.2, -0.15) is 0 Å². The Kier molecular flexibility index (Phi) is 5.54. The second-order valence-corrected chi connectivity index (χ2v) is 7.17. The fourth-order valence-electron chi connectivity index (χ4n) is 3.98. The highest BCUT2D eigenvalue weighted by atomic mass is 16.2. The second-order valence-electron chi connectivity index (χ2n) is 7.17. The lowest BCUT2D eigenvalue weighted by atomic mass is 9.93. The number of carbonyl (C=O) groups excluding carboxylic acids is 2. The molecule has 1 aromatic carbocycles. The zero-order chi connectivity index (χ0) is 16.9. The van der Waals surface area contributed by atoms with Crippen LogP contribution in [0.3, 0.4) is 0 Å². The molecule has 0 bridgehead atoms. The first-order chi connectivity index (χ1) is 11.6. The molecule has 1 saturated heterocycles. The molecule has 0 spiro atoms. The van der Waals surface area contributed by atoms with Gasteiger partial charge in [-0.3, -0.25) is 9.59 Å². The standard InChI is InChI=1S/C20H28N2O2/c1-15-7-9-16(10-8-15)13-14-21-20(24)18-11-12-19(23)22(18)17-5-3-2-4-6-17/h7-10,17-18H,2-6,11-14H2,1H3,(H,21,24)/t18-/m1/s1. The van der Waals surface area contributed by atoms with Gasteiger partial charge in [0.1, 0.15) is 6.04 Å². The number of nitrogens with one attached hydrogen (secondary N) is 1. The summed E-state index contributed by atoms with van der Waals surface area (Å²) in [6, 6.07) is 8.43. The number of hydrogen-bond donors (Lipinski definition) is 1. The molecule has 2 fully saturated rings. The monoisotopic (exact) mass is 328 g/mol. The fourth-order valence-corrected chi connectivity index (χ4v) is 3.98. The van der Waals surface area contributed by atoms with Gasteiger partial charge in [0.05, 0.1) is 0 Å². The SMILES string of the molecule is Cc1ccc(CCNC(=O)[C@H]2CCC(=O)N2C2CCCCC2)cc1. The molecule has 130 valence electrons. The van der Waals surface area contributed by atoms with Crippen molar-refractivity contribution in [3.63, 3.8) is 0 Å². The highest BCUT2D eigenvalue weighted by Gasteiger charge is 2.40. The third-order valence-corrected chi connectivity index (χ3v) is 5.36. The first kappa shape index (κ1) is 17.0. The highest BCUT2D eigenvalue weighted by Crippen LogP contribution is 2.30. The normalized spacial score (nSPS) is 22.0. The minimum atomic E-state index is -0.251. The molecule has 24 heavy (non-hydrogen) atoms. The van der Waals surface area contributed by atoms with E-state index in [-0.39, 0.29) is 23.9 Å². The van der Waals surface area contributed by atoms with Crippen molar-refractivity contribution in [2.45, 2.75) is 70.4 Å². The van der Waals surface area contributed by atoms with Gasteiger partial charge in [-0.15, -0.1) is 0 Å². The molecular weight excluding hydrogens is 300 g/mol. The third kappa shape index (κ3) is 3.97. The Morgan fingerprint density at radius 1 is 1.12 bits per heavy atom. The second kappa shape index (κ2) is 7.82. The largest absolute Gasteiger partial charge is 0.354 e. The number of benzene rings is 1. The van der Waals surface area contributed by atoms with Crippen molar-refractivity contribution in [3.05, 3.63) is 35.4 Å². The maximum absolute atomic E-state index is 12.6. The summed E-state index contributed by atoms with van der Waals surface area (Å²) in [4.78, 5) is 26.7. The average Bonchev–Trinajstić information content (AvgIpc) is 2.99. The molecule has 0 aromatic heterocycles. The van der Waals surface area contributed by atoms with Crippen LogP contribution < -0.4 is 5.32 Å². The molecular formula is C20H28N2O2. The summed E-state index contributed by atoms with van der Waals surface area (Å²) in [5.74, 6) is 0.194. The van der Waals surface area contributed by atoms with Gasteiger partial charge in [-0.1, -0.05) is 49.1 Å². The molecule has 1 atom stereocenters. The van der Waals surface area contributed by atoms with Crippen molar-refractivity contribution >= 4 is 11.8 Å². The van der Waals surface area contributed by atoms with E-state index in [1.54, 1.807) is 0 Å². The molecule has 4 nitrogen and oxygen atoms in total. The Labute approximate surface area is 144 Å². The van der Waals surface area contributed by atoms with Crippen LogP contribution >= 0.6 is 0 Å². The first-order valence-electron chi connectivity index (χ1n) is 9.29. The zero-order valence-corrected chi connectivity index (χ0v) is 14.6. The number of carbonyl (C=O) groups is 2. The van der Waals surface area contributed by atoms with E-state index in [1.165, 1.54) is 30.4 Å². The minimum Gasteiger partial charge on any atom is -0.354 e. The first-order valence-corrected chi connectivity index (χ1v) is 9.29. The topological polar surface area (TPSA) is 49.4 Å². The van der Waals surface area contributed by atoms with Crippen LogP contribution in [-0.2, 0) is 16.0 Å². The zero-order valence-electron chi connectivity index (χ0n) is 14.6. The predicted octanol–water partition coefficient (Wildman–Crippen LogP) is 2.98. The van der Waals surface area contributed by atoms with Crippen LogP contribution in [0.1, 0.15) is 56.1 Å². The number of aryl methyl sites for hydroxylation is 1. The molecule has 2 amide bonds. The summed E-state index contributed by atoms with van der Waals surface area (Å²) in [6.45, 7) is 2.70. The van der Waals surface area contributed by atoms with Gasteiger partial charge in [0.15, 0.2) is 0 Å². The molecule has 4 heteroatoms. The van der Waals surface area contributed by atoms with Gasteiger partial charge >= 0.3 is 0 Å². The maximum Gasteiger partial charge on any atom is 0.242 e. The van der Waals surface area contributed by atoms with Crippen LogP contribution in [0.25, 0.3) is 0 Å². The van der Waals surface area contributed by atoms with Crippen molar-refractivity contribution in [1.82, 2.24) is 10.2 Å². The molecule has 1 aliphatic heterocycles. The Hall–Kier alpha value is -1.84. The lowest BCUT2D eigenvalue weighted by Gasteiger charge is -2.35. The van der Waals surface area contributed by atoms with Crippen LogP contribution in [-0.4, -0.2) is 35.3 Å². The van der Waals surface area contributed by atoms with E-state index in [1.807, 2.05) is 4.90 Å². The molecule has 1 N–H and O–H groups in total. The van der Waals surface area contributed by atoms with E-state index in [2.05, 4.69) is 36.5 Å². The smallest absolute Gasteiger partial charge is 0.242 e. The van der Waals surface area contributed by atoms with Gasteiger partial charge < -0.3 is 10.2 Å². The van der Waals surface area contributed by atoms with Crippen LogP contribution in [0.2, 0.25) is 0 Å². The van der Waals surface area contributed by atoms with Crippen molar-refractivity contribution in [3.8, 4) is 0 Å². The molecule has 1 saturated carbocycles. The Balaban J connectivity index is 1.53. The number of likely N-dealkylation sites (tertiary alicyclic amines) is 1. The fraction of sp³-hybridized carbons (Fsp3) is 0.600. The van der Waals surface area contributed by atoms with Crippen molar-refractivity contribution < 1.29 is 9.59 Å². The quantitative estimate of drug-likeness (QED) is 0.903. The summed E-state index contributed by atoms with van der Waals surface area (Å²) >= 11 is 0. The summed E-state index contributed by atoms with van der Waals surface area (Å²) < 4.78 is 0. The van der Waals surface area contributed by atoms with E-state index in [0.717, 1.165) is 19.3 Å². The summed E-state index contributed by atoms with van der Waals surface area (Å²) in [7, 11) is 0. The number of hydrogen-bond acceptors (Lipinski definition) is 2. The number of nitrogens with zero attached hydrogens (tertiary/aromatic N) is 1. The van der Waals surface area contributed by atoms with Crippen LogP contribution in [0, 0.1) is 6.92 Å². The highest BCUT2D eigenvalue weighted by molar-refractivity contribution is 5.91. The molecule has 1 aromatic rings. The number of rotatable bonds is 5. The lowest BCUT2D eigenvalue weighted by Crippen LogP contribution is -2.50. The van der Waals surface area contributed by atoms with Crippen molar-refractivity contribution in [2.24, 2.45) is 0 Å². The Morgan fingerprint density at radius 2 is 1.83 bits per heavy atom. The van der Waals surface area contributed by atoms with Crippen LogP contribution in [0.5, 0.6) is 0 Å². The van der Waals surface area contributed by atoms with E-state index in [0.29, 0.717) is 19.4 Å². The van der Waals surface area contributed by atoms with Gasteiger partial charge in [-0.05, 0) is 38.2 Å². The van der Waals surface area contributed by atoms with Gasteiger partial charge in [-0.25, -0.2) is 0 Å². The molecule has 1 heterocycles. The van der Waals surface area contributed by atoms with Gasteiger partial charge in [0.2, 0.25) is 11.8 Å². The Morgan fingerprint density at radius 3 is 2.54 bits per heavy atom. The van der Waals surface area contributed by atoms with E-state index in [9.17, 15) is 9.59 Å². The molecule has 2 aliphatic rings. The molecule has 3 rings (SSSR count). The van der Waals surface area contributed by atoms with Gasteiger partial charge in [0.25, 0.3) is 0 Å². The lowest BCUT2D eigenvalue weighted by molar-refractivity contribution is -0.138. The summed E-state index contributed by atoms with van der Waals surface area (Å²) in [5, 5.41) is 3.04. The Bertz CT molecular complexity index is 576. The third-order valence-electron chi connectivity index (χ3n) is 5.36. The number of amides is 2. The minimum absolute atomic E-state index is 0.0264. The van der Waals surface area contributed by atoms with E-state index >= 15 is 0 Å². The predicted molar refractivity (Wildman–Crippen MR) is 94.6 cm³/mol. The molecule has 1 aliphatic carbocycles. The average molecular weight is 328 g/mol. The molecule has 0 unspecified atom stereocenters. The molecule has 0 radical (unpaired) electrons. The van der Waals surface area contributed by atoms with E-state index in [4.69, 9.17) is 0 Å². The van der Waals surface area contributed by atoms with Crippen molar-refractivity contribution in [1.29, 1.82) is 0 Å². The summed E-state index contributed by atoms with van der Waals surface area (Å²) in [6.07, 6.45) is 7.74. The van der Waals surface area contributed by atoms with Crippen molar-refractivity contribution in [2.75, 3.05) is 6.54 Å². The van der Waals surface area contributed by atoms with E-state index < -0.39 is 0 Å². The van der Waals surface area contributed by atoms with Crippen LogP contribution in [0.4, 0.5) is 0 Å². The summed E-state index contributed by atoms with van der Waals surface area (Å²) in [5.41, 5.74) is 2.47.